The molecule has 1 aliphatic rings. The lowest BCUT2D eigenvalue weighted by molar-refractivity contribution is -0.0506. The van der Waals surface area contributed by atoms with Gasteiger partial charge < -0.3 is 9.47 Å². The van der Waals surface area contributed by atoms with E-state index < -0.39 is 0 Å². The summed E-state index contributed by atoms with van der Waals surface area (Å²) in [6.45, 7) is 1.14. The van der Waals surface area contributed by atoms with Crippen LogP contribution in [0.3, 0.4) is 0 Å². The number of hydrogen-bond acceptors (Lipinski definition) is 2. The van der Waals surface area contributed by atoms with Crippen LogP contribution in [0.4, 0.5) is 4.39 Å². The smallest absolute Gasteiger partial charge is 0.123 e. The molecule has 0 N–H and O–H groups in total. The first-order valence-electron chi connectivity index (χ1n) is 7.50. The fourth-order valence-corrected chi connectivity index (χ4v) is 2.49. The molecule has 0 saturated carbocycles. The molecule has 0 amide bonds. The van der Waals surface area contributed by atoms with E-state index in [0.29, 0.717) is 13.2 Å². The monoisotopic (exact) mass is 298 g/mol. The van der Waals surface area contributed by atoms with Gasteiger partial charge in [0.25, 0.3) is 0 Å². The Labute approximate surface area is 130 Å². The fourth-order valence-electron chi connectivity index (χ4n) is 2.49. The van der Waals surface area contributed by atoms with Crippen molar-refractivity contribution in [2.45, 2.75) is 25.2 Å². The zero-order valence-electron chi connectivity index (χ0n) is 12.3. The van der Waals surface area contributed by atoms with Gasteiger partial charge in [-0.05, 0) is 29.7 Å². The number of rotatable bonds is 5. The van der Waals surface area contributed by atoms with Gasteiger partial charge >= 0.3 is 0 Å². The molecule has 114 valence electrons. The van der Waals surface area contributed by atoms with Crippen LogP contribution in [0, 0.1) is 5.82 Å². The molecule has 3 rings (SSSR count). The molecule has 0 aromatic heterocycles. The van der Waals surface area contributed by atoms with E-state index in [1.807, 2.05) is 36.4 Å². The van der Waals surface area contributed by atoms with Gasteiger partial charge in [-0.25, -0.2) is 4.39 Å². The van der Waals surface area contributed by atoms with Crippen molar-refractivity contribution < 1.29 is 13.9 Å². The first kappa shape index (κ1) is 14.9. The van der Waals surface area contributed by atoms with Gasteiger partial charge in [-0.1, -0.05) is 54.6 Å². The lowest BCUT2D eigenvalue weighted by Gasteiger charge is -2.26. The van der Waals surface area contributed by atoms with Crippen LogP contribution in [0.15, 0.2) is 66.7 Å². The van der Waals surface area contributed by atoms with Crippen LogP contribution in [-0.4, -0.2) is 12.7 Å². The highest BCUT2D eigenvalue weighted by Crippen LogP contribution is 2.26. The molecule has 1 aliphatic heterocycles. The largest absolute Gasteiger partial charge is 0.374 e. The first-order chi connectivity index (χ1) is 10.8. The Kier molecular flexibility index (Phi) is 4.99. The van der Waals surface area contributed by atoms with E-state index in [-0.39, 0.29) is 18.0 Å². The SMILES string of the molecule is Fc1ccc(C2C=CC[C@H](COCc3ccccc3)O2)cc1. The molecule has 2 aromatic rings. The van der Waals surface area contributed by atoms with Crippen molar-refractivity contribution in [1.29, 1.82) is 0 Å². The fraction of sp³-hybridized carbons (Fsp3) is 0.263. The molecule has 3 heteroatoms. The predicted molar refractivity (Wildman–Crippen MR) is 83.9 cm³/mol. The van der Waals surface area contributed by atoms with E-state index in [2.05, 4.69) is 6.08 Å². The van der Waals surface area contributed by atoms with Gasteiger partial charge in [0, 0.05) is 0 Å². The van der Waals surface area contributed by atoms with Crippen LogP contribution in [0.5, 0.6) is 0 Å². The Hall–Kier alpha value is -1.97. The number of ether oxygens (including phenoxy) is 2. The number of benzene rings is 2. The van der Waals surface area contributed by atoms with Gasteiger partial charge in [-0.3, -0.25) is 0 Å². The lowest BCUT2D eigenvalue weighted by Crippen LogP contribution is -2.24. The number of halogens is 1. The Morgan fingerprint density at radius 1 is 1.05 bits per heavy atom. The van der Waals surface area contributed by atoms with Crippen molar-refractivity contribution in [1.82, 2.24) is 0 Å². The average Bonchev–Trinajstić information content (AvgIpc) is 2.57. The minimum absolute atomic E-state index is 0.0313. The minimum Gasteiger partial charge on any atom is -0.374 e. The van der Waals surface area contributed by atoms with Gasteiger partial charge in [0.05, 0.1) is 19.3 Å². The zero-order valence-corrected chi connectivity index (χ0v) is 12.3. The Bertz CT molecular complexity index is 607. The maximum Gasteiger partial charge on any atom is 0.123 e. The molecule has 2 aromatic carbocycles. The molecule has 2 atom stereocenters. The zero-order chi connectivity index (χ0) is 15.2. The van der Waals surface area contributed by atoms with Crippen LogP contribution < -0.4 is 0 Å². The lowest BCUT2D eigenvalue weighted by atomic mass is 10.0. The van der Waals surface area contributed by atoms with E-state index in [1.165, 1.54) is 12.1 Å². The topological polar surface area (TPSA) is 18.5 Å². The third kappa shape index (κ3) is 4.03. The van der Waals surface area contributed by atoms with Gasteiger partial charge in [-0.15, -0.1) is 0 Å². The van der Waals surface area contributed by atoms with Crippen molar-refractivity contribution in [3.05, 3.63) is 83.7 Å². The van der Waals surface area contributed by atoms with Gasteiger partial charge in [0.2, 0.25) is 0 Å². The summed E-state index contributed by atoms with van der Waals surface area (Å²) in [6, 6.07) is 16.5. The predicted octanol–water partition coefficient (Wildman–Crippen LogP) is 4.43. The van der Waals surface area contributed by atoms with E-state index >= 15 is 0 Å². The molecule has 0 radical (unpaired) electrons. The van der Waals surface area contributed by atoms with E-state index in [4.69, 9.17) is 9.47 Å². The van der Waals surface area contributed by atoms with Crippen molar-refractivity contribution in [3.8, 4) is 0 Å². The molecule has 0 fully saturated rings. The minimum atomic E-state index is -0.230. The summed E-state index contributed by atoms with van der Waals surface area (Å²) in [6.07, 6.45) is 4.87. The summed E-state index contributed by atoms with van der Waals surface area (Å²) >= 11 is 0. The molecule has 22 heavy (non-hydrogen) atoms. The summed E-state index contributed by atoms with van der Waals surface area (Å²) in [5, 5.41) is 0. The first-order valence-corrected chi connectivity index (χ1v) is 7.50. The normalized spacial score (nSPS) is 21.0. The molecule has 0 spiro atoms. The quantitative estimate of drug-likeness (QED) is 0.760. The molecular weight excluding hydrogens is 279 g/mol. The molecule has 2 nitrogen and oxygen atoms in total. The van der Waals surface area contributed by atoms with Crippen LogP contribution in [0.25, 0.3) is 0 Å². The highest BCUT2D eigenvalue weighted by molar-refractivity contribution is 5.23. The van der Waals surface area contributed by atoms with Crippen molar-refractivity contribution >= 4 is 0 Å². The summed E-state index contributed by atoms with van der Waals surface area (Å²) in [7, 11) is 0. The van der Waals surface area contributed by atoms with E-state index in [9.17, 15) is 4.39 Å². The number of hydrogen-bond donors (Lipinski definition) is 0. The van der Waals surface area contributed by atoms with Gasteiger partial charge in [0.1, 0.15) is 11.9 Å². The van der Waals surface area contributed by atoms with Gasteiger partial charge in [0.15, 0.2) is 0 Å². The van der Waals surface area contributed by atoms with Crippen LogP contribution in [-0.2, 0) is 16.1 Å². The Morgan fingerprint density at radius 2 is 1.82 bits per heavy atom. The maximum atomic E-state index is 13.0. The summed E-state index contributed by atoms with van der Waals surface area (Å²) in [5.41, 5.74) is 2.12. The summed E-state index contributed by atoms with van der Waals surface area (Å²) < 4.78 is 24.7. The van der Waals surface area contributed by atoms with Crippen molar-refractivity contribution in [3.63, 3.8) is 0 Å². The average molecular weight is 298 g/mol. The third-order valence-electron chi connectivity index (χ3n) is 3.66. The second-order valence-corrected chi connectivity index (χ2v) is 5.39. The van der Waals surface area contributed by atoms with Gasteiger partial charge in [-0.2, -0.15) is 0 Å². The molecule has 0 bridgehead atoms. The maximum absolute atomic E-state index is 13.0. The van der Waals surface area contributed by atoms with Crippen LogP contribution in [0.2, 0.25) is 0 Å². The van der Waals surface area contributed by atoms with E-state index in [1.54, 1.807) is 12.1 Å². The highest BCUT2D eigenvalue weighted by atomic mass is 19.1. The van der Waals surface area contributed by atoms with E-state index in [0.717, 1.165) is 17.5 Å². The van der Waals surface area contributed by atoms with Crippen molar-refractivity contribution in [2.75, 3.05) is 6.61 Å². The molecule has 0 aliphatic carbocycles. The molecular formula is C19H19FO2. The van der Waals surface area contributed by atoms with Crippen LogP contribution >= 0.6 is 0 Å². The second-order valence-electron chi connectivity index (χ2n) is 5.39. The van der Waals surface area contributed by atoms with Crippen LogP contribution in [0.1, 0.15) is 23.7 Å². The molecule has 1 unspecified atom stereocenters. The summed E-state index contributed by atoms with van der Waals surface area (Å²) in [4.78, 5) is 0. The second kappa shape index (κ2) is 7.34. The highest BCUT2D eigenvalue weighted by Gasteiger charge is 2.19. The standard InChI is InChI=1S/C19H19FO2/c20-17-11-9-16(10-12-17)19-8-4-7-18(22-19)14-21-13-15-5-2-1-3-6-15/h1-6,8-12,18-19H,7,13-14H2/t18-,19?/m1/s1. The Balaban J connectivity index is 1.51. The summed E-state index contributed by atoms with van der Waals surface area (Å²) in [5.74, 6) is -0.230. The third-order valence-corrected chi connectivity index (χ3v) is 3.66. The molecule has 1 heterocycles. The molecule has 0 saturated heterocycles. The van der Waals surface area contributed by atoms with Crippen molar-refractivity contribution in [2.24, 2.45) is 0 Å². The Morgan fingerprint density at radius 3 is 2.59 bits per heavy atom.